The van der Waals surface area contributed by atoms with Gasteiger partial charge in [0.1, 0.15) is 5.52 Å². The third kappa shape index (κ3) is 2.17. The van der Waals surface area contributed by atoms with Crippen LogP contribution in [0.25, 0.3) is 22.6 Å². The zero-order valence-corrected chi connectivity index (χ0v) is 10.9. The van der Waals surface area contributed by atoms with Crippen molar-refractivity contribution in [1.82, 2.24) is 4.98 Å². The van der Waals surface area contributed by atoms with Gasteiger partial charge in [0.15, 0.2) is 5.58 Å². The molecule has 0 saturated carbocycles. The Balaban J connectivity index is 2.08. The van der Waals surface area contributed by atoms with E-state index in [9.17, 15) is 0 Å². The molecule has 94 valence electrons. The number of para-hydroxylation sites is 2. The second-order valence-corrected chi connectivity index (χ2v) is 4.63. The van der Waals surface area contributed by atoms with Gasteiger partial charge in [-0.15, -0.1) is 6.58 Å². The predicted octanol–water partition coefficient (Wildman–Crippen LogP) is 4.53. The molecular formula is C17H15NO. The first-order valence-electron chi connectivity index (χ1n) is 6.34. The van der Waals surface area contributed by atoms with E-state index >= 15 is 0 Å². The molecular weight excluding hydrogens is 234 g/mol. The van der Waals surface area contributed by atoms with Gasteiger partial charge in [-0.25, -0.2) is 4.98 Å². The molecule has 0 aliphatic carbocycles. The number of aromatic nitrogens is 1. The van der Waals surface area contributed by atoms with Gasteiger partial charge in [0.05, 0.1) is 0 Å². The highest BCUT2D eigenvalue weighted by molar-refractivity contribution is 5.76. The molecule has 0 atom stereocenters. The highest BCUT2D eigenvalue weighted by atomic mass is 16.3. The normalized spacial score (nSPS) is 10.8. The Kier molecular flexibility index (Phi) is 2.92. The molecule has 0 aliphatic heterocycles. The van der Waals surface area contributed by atoms with Crippen molar-refractivity contribution in [3.05, 3.63) is 66.2 Å². The molecule has 0 amide bonds. The van der Waals surface area contributed by atoms with Crippen LogP contribution in [0.1, 0.15) is 11.1 Å². The number of allylic oxidation sites excluding steroid dienone is 1. The summed E-state index contributed by atoms with van der Waals surface area (Å²) in [4.78, 5) is 4.53. The largest absolute Gasteiger partial charge is 0.436 e. The predicted molar refractivity (Wildman–Crippen MR) is 78.1 cm³/mol. The Hall–Kier alpha value is -2.35. The summed E-state index contributed by atoms with van der Waals surface area (Å²) in [7, 11) is 0. The molecule has 0 spiro atoms. The van der Waals surface area contributed by atoms with E-state index in [4.69, 9.17) is 4.42 Å². The zero-order chi connectivity index (χ0) is 13.2. The van der Waals surface area contributed by atoms with E-state index in [2.05, 4.69) is 36.7 Å². The summed E-state index contributed by atoms with van der Waals surface area (Å²) in [5.41, 5.74) is 5.20. The molecule has 0 aliphatic rings. The third-order valence-corrected chi connectivity index (χ3v) is 3.20. The van der Waals surface area contributed by atoms with Crippen molar-refractivity contribution >= 4 is 11.1 Å². The lowest BCUT2D eigenvalue weighted by Gasteiger charge is -2.04. The van der Waals surface area contributed by atoms with Gasteiger partial charge in [0.25, 0.3) is 0 Å². The standard InChI is InChI=1S/C17H15NO/c1-3-6-13-9-10-14(12(2)11-13)17-18-15-7-4-5-8-16(15)19-17/h3-5,7-11H,1,6H2,2H3. The molecule has 3 aromatic rings. The molecule has 2 heteroatoms. The Morgan fingerprint density at radius 1 is 1.21 bits per heavy atom. The lowest BCUT2D eigenvalue weighted by molar-refractivity contribution is 0.619. The van der Waals surface area contributed by atoms with Gasteiger partial charge in [0.2, 0.25) is 5.89 Å². The molecule has 1 aromatic heterocycles. The summed E-state index contributed by atoms with van der Waals surface area (Å²) >= 11 is 0. The Labute approximate surface area is 112 Å². The average molecular weight is 249 g/mol. The number of benzene rings is 2. The highest BCUT2D eigenvalue weighted by Gasteiger charge is 2.10. The summed E-state index contributed by atoms with van der Waals surface area (Å²) in [5, 5.41) is 0. The molecule has 0 fully saturated rings. The molecule has 2 aromatic carbocycles. The minimum atomic E-state index is 0.684. The molecule has 2 nitrogen and oxygen atoms in total. The fourth-order valence-electron chi connectivity index (χ4n) is 2.25. The van der Waals surface area contributed by atoms with E-state index < -0.39 is 0 Å². The maximum atomic E-state index is 5.80. The molecule has 0 unspecified atom stereocenters. The lowest BCUT2D eigenvalue weighted by atomic mass is 10.0. The van der Waals surface area contributed by atoms with Crippen molar-refractivity contribution < 1.29 is 4.42 Å². The number of rotatable bonds is 3. The number of fused-ring (bicyclic) bond motifs is 1. The van der Waals surface area contributed by atoms with Crippen molar-refractivity contribution in [3.8, 4) is 11.5 Å². The first kappa shape index (κ1) is 11.7. The summed E-state index contributed by atoms with van der Waals surface area (Å²) in [6.07, 6.45) is 2.79. The molecule has 0 saturated heterocycles. The molecule has 0 N–H and O–H groups in total. The van der Waals surface area contributed by atoms with Gasteiger partial charge in [-0.05, 0) is 42.7 Å². The lowest BCUT2D eigenvalue weighted by Crippen LogP contribution is -1.87. The average Bonchev–Trinajstić information content (AvgIpc) is 2.82. The minimum absolute atomic E-state index is 0.684. The summed E-state index contributed by atoms with van der Waals surface area (Å²) in [6.45, 7) is 5.84. The molecule has 19 heavy (non-hydrogen) atoms. The fourth-order valence-corrected chi connectivity index (χ4v) is 2.25. The zero-order valence-electron chi connectivity index (χ0n) is 10.9. The van der Waals surface area contributed by atoms with E-state index in [0.29, 0.717) is 5.89 Å². The van der Waals surface area contributed by atoms with Gasteiger partial charge in [-0.1, -0.05) is 30.3 Å². The maximum Gasteiger partial charge on any atom is 0.227 e. The third-order valence-electron chi connectivity index (χ3n) is 3.20. The molecule has 0 radical (unpaired) electrons. The van der Waals surface area contributed by atoms with Crippen LogP contribution in [0.5, 0.6) is 0 Å². The number of oxazole rings is 1. The fraction of sp³-hybridized carbons (Fsp3) is 0.118. The van der Waals surface area contributed by atoms with Crippen LogP contribution in [0, 0.1) is 6.92 Å². The van der Waals surface area contributed by atoms with Crippen molar-refractivity contribution in [3.63, 3.8) is 0 Å². The number of hydrogen-bond donors (Lipinski definition) is 0. The van der Waals surface area contributed by atoms with E-state index in [1.165, 1.54) is 11.1 Å². The van der Waals surface area contributed by atoms with Gasteiger partial charge < -0.3 is 4.42 Å². The van der Waals surface area contributed by atoms with E-state index in [0.717, 1.165) is 23.1 Å². The van der Waals surface area contributed by atoms with Crippen LogP contribution in [0.15, 0.2) is 59.5 Å². The van der Waals surface area contributed by atoms with Gasteiger partial charge in [-0.2, -0.15) is 0 Å². The Morgan fingerprint density at radius 3 is 2.79 bits per heavy atom. The quantitative estimate of drug-likeness (QED) is 0.637. The number of aryl methyl sites for hydroxylation is 1. The van der Waals surface area contributed by atoms with Crippen molar-refractivity contribution in [2.75, 3.05) is 0 Å². The molecule has 3 rings (SSSR count). The molecule has 1 heterocycles. The Bertz CT molecular complexity index is 707. The van der Waals surface area contributed by atoms with Crippen LogP contribution >= 0.6 is 0 Å². The van der Waals surface area contributed by atoms with Crippen LogP contribution in [0.4, 0.5) is 0 Å². The van der Waals surface area contributed by atoms with Crippen LogP contribution in [-0.2, 0) is 6.42 Å². The van der Waals surface area contributed by atoms with Crippen LogP contribution in [0.3, 0.4) is 0 Å². The SMILES string of the molecule is C=CCc1ccc(-c2nc3ccccc3o2)c(C)c1. The van der Waals surface area contributed by atoms with Crippen molar-refractivity contribution in [2.24, 2.45) is 0 Å². The van der Waals surface area contributed by atoms with Crippen LogP contribution in [-0.4, -0.2) is 4.98 Å². The maximum absolute atomic E-state index is 5.80. The second-order valence-electron chi connectivity index (χ2n) is 4.63. The Morgan fingerprint density at radius 2 is 2.05 bits per heavy atom. The van der Waals surface area contributed by atoms with Crippen LogP contribution < -0.4 is 0 Å². The van der Waals surface area contributed by atoms with E-state index in [-0.39, 0.29) is 0 Å². The first-order valence-corrected chi connectivity index (χ1v) is 6.34. The van der Waals surface area contributed by atoms with Crippen molar-refractivity contribution in [1.29, 1.82) is 0 Å². The van der Waals surface area contributed by atoms with E-state index in [1.54, 1.807) is 0 Å². The summed E-state index contributed by atoms with van der Waals surface area (Å²) in [6, 6.07) is 14.1. The monoisotopic (exact) mass is 249 g/mol. The smallest absolute Gasteiger partial charge is 0.227 e. The van der Waals surface area contributed by atoms with Crippen molar-refractivity contribution in [2.45, 2.75) is 13.3 Å². The van der Waals surface area contributed by atoms with Gasteiger partial charge in [-0.3, -0.25) is 0 Å². The summed E-state index contributed by atoms with van der Waals surface area (Å²) < 4.78 is 5.80. The van der Waals surface area contributed by atoms with Gasteiger partial charge in [0, 0.05) is 5.56 Å². The number of nitrogens with zero attached hydrogens (tertiary/aromatic N) is 1. The molecule has 0 bridgehead atoms. The number of hydrogen-bond acceptors (Lipinski definition) is 2. The highest BCUT2D eigenvalue weighted by Crippen LogP contribution is 2.27. The van der Waals surface area contributed by atoms with E-state index in [1.807, 2.05) is 30.3 Å². The second kappa shape index (κ2) is 4.73. The first-order chi connectivity index (χ1) is 9.28. The summed E-state index contributed by atoms with van der Waals surface area (Å²) in [5.74, 6) is 0.684. The minimum Gasteiger partial charge on any atom is -0.436 e. The van der Waals surface area contributed by atoms with Crippen LogP contribution in [0.2, 0.25) is 0 Å². The van der Waals surface area contributed by atoms with Gasteiger partial charge >= 0.3 is 0 Å². The topological polar surface area (TPSA) is 26.0 Å².